The number of amides is 1. The highest BCUT2D eigenvalue weighted by Gasteiger charge is 2.29. The van der Waals surface area contributed by atoms with Crippen molar-refractivity contribution in [2.45, 2.75) is 18.9 Å². The van der Waals surface area contributed by atoms with E-state index in [1.807, 2.05) is 36.3 Å². The molecular formula is C22H26FN7O3. The molecule has 1 amide bonds. The van der Waals surface area contributed by atoms with E-state index in [1.165, 1.54) is 4.90 Å². The Kier molecular flexibility index (Phi) is 5.71. The second-order valence-corrected chi connectivity index (χ2v) is 8.48. The van der Waals surface area contributed by atoms with Gasteiger partial charge in [0.2, 0.25) is 5.82 Å². The van der Waals surface area contributed by atoms with Crippen LogP contribution in [0.4, 0.5) is 15.0 Å². The number of likely N-dealkylation sites (tertiary alicyclic amines) is 1. The van der Waals surface area contributed by atoms with Crippen LogP contribution in [0.1, 0.15) is 12.8 Å². The Morgan fingerprint density at radius 2 is 2.00 bits per heavy atom. The molecule has 0 aromatic carbocycles. The van der Waals surface area contributed by atoms with E-state index in [-0.39, 0.29) is 18.2 Å². The van der Waals surface area contributed by atoms with Crippen LogP contribution in [0.5, 0.6) is 5.88 Å². The molecule has 2 saturated heterocycles. The van der Waals surface area contributed by atoms with Crippen LogP contribution in [0.25, 0.3) is 16.9 Å². The van der Waals surface area contributed by atoms with Gasteiger partial charge in [-0.05, 0) is 32.0 Å². The van der Waals surface area contributed by atoms with Gasteiger partial charge in [0.1, 0.15) is 6.10 Å². The van der Waals surface area contributed by atoms with Gasteiger partial charge < -0.3 is 24.5 Å². The summed E-state index contributed by atoms with van der Waals surface area (Å²) >= 11 is 0. The number of likely N-dealkylation sites (N-methyl/N-ethyl adjacent to an activating group) is 1. The standard InChI is InChI=1S/C22H26FN7O3/c1-27-9-11-28(12-10-27)20-18(23)21(33-15-5-4-7-29(14-15)22(31)32)26-19(25-20)16-13-24-30-8-3-2-6-17(16)30/h2-3,6,8,13,15H,4-5,7,9-12,14H2,1H3,(H,31,32)/t15-/m1/s1. The first-order valence-electron chi connectivity index (χ1n) is 11.1. The molecule has 2 aliphatic rings. The number of fused-ring (bicyclic) bond motifs is 1. The van der Waals surface area contributed by atoms with Crippen LogP contribution in [-0.4, -0.2) is 93.0 Å². The smallest absolute Gasteiger partial charge is 0.407 e. The lowest BCUT2D eigenvalue weighted by Gasteiger charge is -2.34. The molecule has 0 unspecified atom stereocenters. The molecule has 0 aliphatic carbocycles. The molecule has 1 N–H and O–H groups in total. The van der Waals surface area contributed by atoms with Gasteiger partial charge in [0.15, 0.2) is 11.6 Å². The van der Waals surface area contributed by atoms with Gasteiger partial charge in [-0.3, -0.25) is 0 Å². The predicted molar refractivity (Wildman–Crippen MR) is 119 cm³/mol. The highest BCUT2D eigenvalue weighted by atomic mass is 19.1. The summed E-state index contributed by atoms with van der Waals surface area (Å²) in [6.45, 7) is 3.47. The number of pyridine rings is 1. The van der Waals surface area contributed by atoms with Crippen molar-refractivity contribution in [1.29, 1.82) is 0 Å². The molecule has 174 valence electrons. The second kappa shape index (κ2) is 8.81. The molecule has 11 heteroatoms. The lowest BCUT2D eigenvalue weighted by atomic mass is 10.1. The van der Waals surface area contributed by atoms with E-state index in [0.717, 1.165) is 18.6 Å². The summed E-state index contributed by atoms with van der Waals surface area (Å²) in [5.74, 6) is -0.245. The molecule has 33 heavy (non-hydrogen) atoms. The van der Waals surface area contributed by atoms with Crippen molar-refractivity contribution in [3.63, 3.8) is 0 Å². The minimum Gasteiger partial charge on any atom is -0.470 e. The van der Waals surface area contributed by atoms with E-state index >= 15 is 4.39 Å². The minimum atomic E-state index is -1.00. The average Bonchev–Trinajstić information content (AvgIpc) is 3.25. The second-order valence-electron chi connectivity index (χ2n) is 8.48. The Hall–Kier alpha value is -3.47. The lowest BCUT2D eigenvalue weighted by molar-refractivity contribution is 0.0743. The van der Waals surface area contributed by atoms with Crippen LogP contribution >= 0.6 is 0 Å². The van der Waals surface area contributed by atoms with E-state index in [2.05, 4.69) is 20.0 Å². The van der Waals surface area contributed by atoms with Crippen molar-refractivity contribution in [3.8, 4) is 17.3 Å². The average molecular weight is 455 g/mol. The van der Waals surface area contributed by atoms with Crippen molar-refractivity contribution in [3.05, 3.63) is 36.4 Å². The van der Waals surface area contributed by atoms with Gasteiger partial charge >= 0.3 is 6.09 Å². The summed E-state index contributed by atoms with van der Waals surface area (Å²) in [5.41, 5.74) is 1.47. The Balaban J connectivity index is 1.54. The SMILES string of the molecule is CN1CCN(c2nc(-c3cnn4ccccc34)nc(O[C@@H]3CCCN(C(=O)O)C3)c2F)CC1. The predicted octanol–water partition coefficient (Wildman–Crippen LogP) is 2.20. The van der Waals surface area contributed by atoms with E-state index in [4.69, 9.17) is 4.74 Å². The zero-order valence-corrected chi connectivity index (χ0v) is 18.4. The largest absolute Gasteiger partial charge is 0.470 e. The molecule has 0 radical (unpaired) electrons. The first-order chi connectivity index (χ1) is 16.0. The highest BCUT2D eigenvalue weighted by Crippen LogP contribution is 2.32. The van der Waals surface area contributed by atoms with Crippen LogP contribution in [0.2, 0.25) is 0 Å². The van der Waals surface area contributed by atoms with E-state index in [0.29, 0.717) is 43.9 Å². The zero-order chi connectivity index (χ0) is 22.9. The van der Waals surface area contributed by atoms with E-state index < -0.39 is 18.0 Å². The first-order valence-corrected chi connectivity index (χ1v) is 11.1. The van der Waals surface area contributed by atoms with Gasteiger partial charge in [-0.2, -0.15) is 14.5 Å². The number of rotatable bonds is 4. The number of carboxylic acid groups (broad SMARTS) is 1. The molecule has 3 aromatic heterocycles. The molecule has 10 nitrogen and oxygen atoms in total. The quantitative estimate of drug-likeness (QED) is 0.639. The summed E-state index contributed by atoms with van der Waals surface area (Å²) in [6.07, 6.45) is 3.28. The van der Waals surface area contributed by atoms with E-state index in [9.17, 15) is 9.90 Å². The van der Waals surface area contributed by atoms with E-state index in [1.54, 1.807) is 10.7 Å². The Labute approximate surface area is 190 Å². The van der Waals surface area contributed by atoms with Crippen LogP contribution in [0.15, 0.2) is 30.6 Å². The number of carbonyl (C=O) groups is 1. The number of piperazine rings is 1. The zero-order valence-electron chi connectivity index (χ0n) is 18.4. The number of aromatic nitrogens is 4. The van der Waals surface area contributed by atoms with Crippen molar-refractivity contribution >= 4 is 17.4 Å². The molecule has 2 aliphatic heterocycles. The van der Waals surface area contributed by atoms with Crippen molar-refractivity contribution < 1.29 is 19.0 Å². The monoisotopic (exact) mass is 455 g/mol. The fraction of sp³-hybridized carbons (Fsp3) is 0.455. The van der Waals surface area contributed by atoms with Gasteiger partial charge in [-0.15, -0.1) is 0 Å². The number of hydrogen-bond donors (Lipinski definition) is 1. The number of ether oxygens (including phenoxy) is 1. The summed E-state index contributed by atoms with van der Waals surface area (Å²) in [4.78, 5) is 25.8. The third kappa shape index (κ3) is 4.28. The van der Waals surface area contributed by atoms with Crippen molar-refractivity contribution in [2.75, 3.05) is 51.2 Å². The number of anilines is 1. The van der Waals surface area contributed by atoms with Crippen LogP contribution in [-0.2, 0) is 0 Å². The normalized spacial score (nSPS) is 19.8. The molecule has 0 bridgehead atoms. The lowest BCUT2D eigenvalue weighted by Crippen LogP contribution is -2.45. The first kappa shape index (κ1) is 21.4. The number of hydrogen-bond acceptors (Lipinski definition) is 7. The molecule has 5 rings (SSSR count). The molecule has 0 spiro atoms. The summed E-state index contributed by atoms with van der Waals surface area (Å²) in [5, 5.41) is 13.7. The van der Waals surface area contributed by atoms with Crippen molar-refractivity contribution in [1.82, 2.24) is 29.4 Å². The third-order valence-electron chi connectivity index (χ3n) is 6.20. The Bertz CT molecular complexity index is 1160. The number of halogens is 1. The Morgan fingerprint density at radius 3 is 2.79 bits per heavy atom. The van der Waals surface area contributed by atoms with Gasteiger partial charge in [-0.25, -0.2) is 14.3 Å². The van der Waals surface area contributed by atoms with Gasteiger partial charge in [0, 0.05) is 38.9 Å². The molecule has 3 aromatic rings. The fourth-order valence-electron chi connectivity index (χ4n) is 4.31. The minimum absolute atomic E-state index is 0.151. The van der Waals surface area contributed by atoms with Gasteiger partial charge in [-0.1, -0.05) is 6.07 Å². The van der Waals surface area contributed by atoms with Gasteiger partial charge in [0.05, 0.1) is 23.8 Å². The van der Waals surface area contributed by atoms with Crippen molar-refractivity contribution in [2.24, 2.45) is 0 Å². The maximum Gasteiger partial charge on any atom is 0.407 e. The molecule has 0 saturated carbocycles. The molecule has 1 atom stereocenters. The topological polar surface area (TPSA) is 99.3 Å². The molecule has 5 heterocycles. The Morgan fingerprint density at radius 1 is 1.18 bits per heavy atom. The van der Waals surface area contributed by atoms with Crippen LogP contribution < -0.4 is 9.64 Å². The van der Waals surface area contributed by atoms with Gasteiger partial charge in [0.25, 0.3) is 5.88 Å². The summed E-state index contributed by atoms with van der Waals surface area (Å²) < 4.78 is 23.3. The summed E-state index contributed by atoms with van der Waals surface area (Å²) in [7, 11) is 2.03. The fourth-order valence-corrected chi connectivity index (χ4v) is 4.31. The molecular weight excluding hydrogens is 429 g/mol. The maximum absolute atomic E-state index is 15.6. The number of nitrogens with zero attached hydrogens (tertiary/aromatic N) is 7. The van der Waals surface area contributed by atoms with Crippen LogP contribution in [0, 0.1) is 5.82 Å². The van der Waals surface area contributed by atoms with Crippen LogP contribution in [0.3, 0.4) is 0 Å². The molecule has 2 fully saturated rings. The highest BCUT2D eigenvalue weighted by molar-refractivity contribution is 5.76. The maximum atomic E-state index is 15.6. The number of piperidine rings is 1. The third-order valence-corrected chi connectivity index (χ3v) is 6.20. The summed E-state index contributed by atoms with van der Waals surface area (Å²) in [6, 6.07) is 5.67.